The number of carboxylic acids is 1. The second-order valence-electron chi connectivity index (χ2n) is 9.76. The summed E-state index contributed by atoms with van der Waals surface area (Å²) in [7, 11) is 4.00. The highest BCUT2D eigenvalue weighted by molar-refractivity contribution is 6.31. The molecule has 1 atom stereocenters. The summed E-state index contributed by atoms with van der Waals surface area (Å²) in [5.74, 6) is -1.85. The van der Waals surface area contributed by atoms with Crippen LogP contribution in [0.3, 0.4) is 0 Å². The van der Waals surface area contributed by atoms with Gasteiger partial charge in [0.2, 0.25) is 11.8 Å². The number of benzene rings is 3. The highest BCUT2D eigenvalue weighted by atomic mass is 35.5. The minimum Gasteiger partial charge on any atom is -0.481 e. The molecular formula is C30H31ClN4O4. The van der Waals surface area contributed by atoms with Crippen LogP contribution in [0.1, 0.15) is 36.0 Å². The summed E-state index contributed by atoms with van der Waals surface area (Å²) in [6.07, 6.45) is 0.745. The fourth-order valence-electron chi connectivity index (χ4n) is 4.63. The number of fused-ring (bicyclic) bond motifs is 1. The molecule has 3 aromatic carbocycles. The smallest absolute Gasteiger partial charge is 0.307 e. The van der Waals surface area contributed by atoms with Crippen molar-refractivity contribution in [3.05, 3.63) is 88.4 Å². The normalized spacial score (nSPS) is 14.7. The monoisotopic (exact) mass is 546 g/mol. The Morgan fingerprint density at radius 1 is 1.00 bits per heavy atom. The van der Waals surface area contributed by atoms with Crippen molar-refractivity contribution >= 4 is 52.2 Å². The molecule has 0 aromatic heterocycles. The Bertz CT molecular complexity index is 1400. The van der Waals surface area contributed by atoms with E-state index < -0.39 is 11.9 Å². The molecule has 4 rings (SSSR count). The second kappa shape index (κ2) is 12.2. The minimum atomic E-state index is -0.918. The molecule has 0 saturated carbocycles. The van der Waals surface area contributed by atoms with Crippen molar-refractivity contribution in [3.8, 4) is 0 Å². The largest absolute Gasteiger partial charge is 0.481 e. The highest BCUT2D eigenvalue weighted by Gasteiger charge is 2.35. The van der Waals surface area contributed by atoms with Crippen molar-refractivity contribution in [1.29, 1.82) is 0 Å². The molecule has 0 aliphatic carbocycles. The standard InChI is InChI=1S/C30H31ClN4O4/c1-19(36)35(16-4-15-34(2)3)24-12-10-23(11-13-24)32-29(21-7-5-20(6-8-21)17-27(37)38)28-25-14-9-22(31)18-26(25)33-30(28)39/h5-14,18,28H,4,15-17H2,1-3H3,(H,33,39)(H,37,38). The van der Waals surface area contributed by atoms with E-state index in [4.69, 9.17) is 21.7 Å². The molecule has 0 fully saturated rings. The van der Waals surface area contributed by atoms with Crippen LogP contribution in [-0.4, -0.2) is 60.7 Å². The first-order chi connectivity index (χ1) is 18.6. The number of carbonyl (C=O) groups is 3. The fraction of sp³-hybridized carbons (Fsp3) is 0.267. The van der Waals surface area contributed by atoms with Crippen molar-refractivity contribution < 1.29 is 19.5 Å². The average molecular weight is 547 g/mol. The van der Waals surface area contributed by atoms with E-state index in [0.717, 1.165) is 24.2 Å². The molecule has 1 aliphatic heterocycles. The predicted octanol–water partition coefficient (Wildman–Crippen LogP) is 5.13. The maximum Gasteiger partial charge on any atom is 0.307 e. The third-order valence-electron chi connectivity index (χ3n) is 6.50. The van der Waals surface area contributed by atoms with Crippen molar-refractivity contribution in [2.75, 3.05) is 37.4 Å². The van der Waals surface area contributed by atoms with Crippen molar-refractivity contribution in [2.45, 2.75) is 25.7 Å². The summed E-state index contributed by atoms with van der Waals surface area (Å²) < 4.78 is 0. The topological polar surface area (TPSA) is 102 Å². The van der Waals surface area contributed by atoms with E-state index >= 15 is 0 Å². The Morgan fingerprint density at radius 2 is 1.69 bits per heavy atom. The molecule has 2 N–H and O–H groups in total. The minimum absolute atomic E-state index is 0.0370. The van der Waals surface area contributed by atoms with E-state index in [1.165, 1.54) is 0 Å². The van der Waals surface area contributed by atoms with Crippen LogP contribution in [0.15, 0.2) is 71.7 Å². The summed E-state index contributed by atoms with van der Waals surface area (Å²) in [4.78, 5) is 45.3. The first-order valence-electron chi connectivity index (χ1n) is 12.7. The van der Waals surface area contributed by atoms with Gasteiger partial charge in [-0.1, -0.05) is 41.9 Å². The number of rotatable bonds is 10. The van der Waals surface area contributed by atoms with Gasteiger partial charge < -0.3 is 20.2 Å². The zero-order valence-electron chi connectivity index (χ0n) is 22.1. The van der Waals surface area contributed by atoms with Crippen LogP contribution >= 0.6 is 11.6 Å². The van der Waals surface area contributed by atoms with Gasteiger partial charge in [0.25, 0.3) is 0 Å². The second-order valence-corrected chi connectivity index (χ2v) is 10.2. The third-order valence-corrected chi connectivity index (χ3v) is 6.74. The number of carbonyl (C=O) groups excluding carboxylic acids is 2. The molecule has 1 heterocycles. The molecule has 8 nitrogen and oxygen atoms in total. The molecule has 9 heteroatoms. The van der Waals surface area contributed by atoms with Crippen LogP contribution in [-0.2, 0) is 20.8 Å². The number of aliphatic imine (C=N–C) groups is 1. The summed E-state index contributed by atoms with van der Waals surface area (Å²) in [5, 5.41) is 12.5. The Balaban J connectivity index is 1.70. The third kappa shape index (κ3) is 6.90. The Kier molecular flexibility index (Phi) is 8.79. The van der Waals surface area contributed by atoms with E-state index in [0.29, 0.717) is 39.8 Å². The highest BCUT2D eigenvalue weighted by Crippen LogP contribution is 2.38. The van der Waals surface area contributed by atoms with E-state index in [1.807, 2.05) is 44.4 Å². The number of anilines is 2. The van der Waals surface area contributed by atoms with E-state index in [-0.39, 0.29) is 18.2 Å². The van der Waals surface area contributed by atoms with E-state index in [1.54, 1.807) is 48.2 Å². The van der Waals surface area contributed by atoms with Gasteiger partial charge in [0.15, 0.2) is 0 Å². The lowest BCUT2D eigenvalue weighted by Crippen LogP contribution is -2.31. The summed E-state index contributed by atoms with van der Waals surface area (Å²) >= 11 is 6.15. The lowest BCUT2D eigenvalue weighted by atomic mass is 9.90. The van der Waals surface area contributed by atoms with Crippen LogP contribution in [0.5, 0.6) is 0 Å². The first-order valence-corrected chi connectivity index (χ1v) is 13.0. The van der Waals surface area contributed by atoms with Crippen LogP contribution in [0.2, 0.25) is 5.02 Å². The Hall–Kier alpha value is -4.01. The first kappa shape index (κ1) is 28.0. The zero-order chi connectivity index (χ0) is 28.1. The van der Waals surface area contributed by atoms with Crippen LogP contribution in [0, 0.1) is 0 Å². The molecule has 39 heavy (non-hydrogen) atoms. The Morgan fingerprint density at radius 3 is 2.31 bits per heavy atom. The zero-order valence-corrected chi connectivity index (χ0v) is 22.9. The molecule has 1 unspecified atom stereocenters. The molecule has 0 radical (unpaired) electrons. The van der Waals surface area contributed by atoms with Crippen LogP contribution in [0.4, 0.5) is 17.1 Å². The van der Waals surface area contributed by atoms with Gasteiger partial charge in [0.1, 0.15) is 5.92 Å². The molecule has 202 valence electrons. The lowest BCUT2D eigenvalue weighted by molar-refractivity contribution is -0.136. The molecule has 0 bridgehead atoms. The molecule has 0 saturated heterocycles. The van der Waals surface area contributed by atoms with Gasteiger partial charge in [-0.3, -0.25) is 19.4 Å². The quantitative estimate of drug-likeness (QED) is 0.343. The van der Waals surface area contributed by atoms with E-state index in [9.17, 15) is 14.4 Å². The van der Waals surface area contributed by atoms with Gasteiger partial charge in [-0.25, -0.2) is 0 Å². The predicted molar refractivity (Wildman–Crippen MR) is 154 cm³/mol. The van der Waals surface area contributed by atoms with Crippen LogP contribution in [0.25, 0.3) is 0 Å². The molecule has 0 spiro atoms. The number of hydrogen-bond donors (Lipinski definition) is 2. The maximum atomic E-state index is 13.2. The SMILES string of the molecule is CC(=O)N(CCCN(C)C)c1ccc(N=C(c2ccc(CC(=O)O)cc2)C2C(=O)Nc3cc(Cl)ccc32)cc1. The molecule has 3 aromatic rings. The van der Waals surface area contributed by atoms with Gasteiger partial charge in [0, 0.05) is 29.9 Å². The average Bonchev–Trinajstić information content (AvgIpc) is 3.20. The summed E-state index contributed by atoms with van der Waals surface area (Å²) in [6, 6.07) is 19.7. The van der Waals surface area contributed by atoms with Crippen molar-refractivity contribution in [3.63, 3.8) is 0 Å². The summed E-state index contributed by atoms with van der Waals surface area (Å²) in [6.45, 7) is 3.03. The number of nitrogens with one attached hydrogen (secondary N) is 1. The number of aliphatic carboxylic acids is 1. The molecule has 1 aliphatic rings. The number of amides is 2. The van der Waals surface area contributed by atoms with Crippen molar-refractivity contribution in [2.24, 2.45) is 4.99 Å². The number of carboxylic acid groups (broad SMARTS) is 1. The van der Waals surface area contributed by atoms with Gasteiger partial charge in [0.05, 0.1) is 17.8 Å². The van der Waals surface area contributed by atoms with Gasteiger partial charge >= 0.3 is 5.97 Å². The van der Waals surface area contributed by atoms with Gasteiger partial charge in [-0.15, -0.1) is 0 Å². The maximum absolute atomic E-state index is 13.2. The lowest BCUT2D eigenvalue weighted by Gasteiger charge is -2.22. The number of halogens is 1. The van der Waals surface area contributed by atoms with Gasteiger partial charge in [-0.05, 0) is 80.1 Å². The fourth-order valence-corrected chi connectivity index (χ4v) is 4.80. The van der Waals surface area contributed by atoms with Crippen molar-refractivity contribution in [1.82, 2.24) is 4.90 Å². The van der Waals surface area contributed by atoms with Gasteiger partial charge in [-0.2, -0.15) is 0 Å². The van der Waals surface area contributed by atoms with Crippen LogP contribution < -0.4 is 10.2 Å². The molecular weight excluding hydrogens is 516 g/mol. The Labute approximate surface area is 232 Å². The number of hydrogen-bond acceptors (Lipinski definition) is 5. The summed E-state index contributed by atoms with van der Waals surface area (Å²) in [5.41, 5.74) is 4.67. The molecule has 2 amide bonds. The number of nitrogens with zero attached hydrogens (tertiary/aromatic N) is 3. The van der Waals surface area contributed by atoms with E-state index in [2.05, 4.69) is 10.2 Å².